The summed E-state index contributed by atoms with van der Waals surface area (Å²) in [5.41, 5.74) is 0.262. The molecule has 0 spiro atoms. The topological polar surface area (TPSA) is 75.4 Å². The molecule has 1 N–H and O–H groups in total. The van der Waals surface area contributed by atoms with Crippen molar-refractivity contribution >= 4 is 23.2 Å². The molecule has 7 heteroatoms. The van der Waals surface area contributed by atoms with Crippen molar-refractivity contribution in [1.82, 2.24) is 15.4 Å². The number of nitrogens with zero attached hydrogens (tertiary/aromatic N) is 2. The maximum atomic E-state index is 13.0. The molecule has 27 heavy (non-hydrogen) atoms. The SMILES string of the molecule is CC(C)CNC(=O)c1cc(CN(C(=O)c2cccs2)C2CCCCC2)on1. The van der Waals surface area contributed by atoms with E-state index in [1.165, 1.54) is 17.8 Å². The van der Waals surface area contributed by atoms with E-state index in [0.29, 0.717) is 24.8 Å². The number of hydrogen-bond acceptors (Lipinski definition) is 5. The second-order valence-electron chi connectivity index (χ2n) is 7.48. The third kappa shape index (κ3) is 5.19. The zero-order valence-electron chi connectivity index (χ0n) is 15.9. The third-order valence-corrected chi connectivity index (χ3v) is 5.65. The van der Waals surface area contributed by atoms with Crippen molar-refractivity contribution in [1.29, 1.82) is 0 Å². The van der Waals surface area contributed by atoms with Crippen molar-refractivity contribution in [3.63, 3.8) is 0 Å². The number of thiophene rings is 1. The van der Waals surface area contributed by atoms with Crippen LogP contribution in [-0.4, -0.2) is 34.5 Å². The molecule has 0 bridgehead atoms. The molecular formula is C20H27N3O3S. The van der Waals surface area contributed by atoms with Crippen molar-refractivity contribution < 1.29 is 14.1 Å². The van der Waals surface area contributed by atoms with Gasteiger partial charge in [0, 0.05) is 18.7 Å². The molecule has 0 aliphatic heterocycles. The zero-order valence-corrected chi connectivity index (χ0v) is 16.8. The van der Waals surface area contributed by atoms with Crippen molar-refractivity contribution in [2.45, 2.75) is 58.5 Å². The molecule has 2 aromatic heterocycles. The minimum Gasteiger partial charge on any atom is -0.359 e. The van der Waals surface area contributed by atoms with Crippen LogP contribution in [0, 0.1) is 5.92 Å². The molecule has 2 heterocycles. The van der Waals surface area contributed by atoms with Crippen LogP contribution in [0.5, 0.6) is 0 Å². The second-order valence-corrected chi connectivity index (χ2v) is 8.43. The summed E-state index contributed by atoms with van der Waals surface area (Å²) in [5, 5.41) is 8.64. The molecule has 1 aliphatic carbocycles. The molecule has 1 fully saturated rings. The van der Waals surface area contributed by atoms with Crippen molar-refractivity contribution in [3.8, 4) is 0 Å². The van der Waals surface area contributed by atoms with Gasteiger partial charge in [-0.1, -0.05) is 44.3 Å². The lowest BCUT2D eigenvalue weighted by molar-refractivity contribution is 0.0595. The van der Waals surface area contributed by atoms with Crippen LogP contribution in [0.2, 0.25) is 0 Å². The molecule has 6 nitrogen and oxygen atoms in total. The first-order valence-corrected chi connectivity index (χ1v) is 10.5. The Balaban J connectivity index is 1.72. The molecule has 1 saturated carbocycles. The fraction of sp³-hybridized carbons (Fsp3) is 0.550. The van der Waals surface area contributed by atoms with Gasteiger partial charge >= 0.3 is 0 Å². The fourth-order valence-corrected chi connectivity index (χ4v) is 4.03. The first kappa shape index (κ1) is 19.6. The molecule has 0 aromatic carbocycles. The maximum absolute atomic E-state index is 13.0. The monoisotopic (exact) mass is 389 g/mol. The first-order chi connectivity index (χ1) is 13.0. The average molecular weight is 390 g/mol. The van der Waals surface area contributed by atoms with E-state index in [9.17, 15) is 9.59 Å². The standard InChI is InChI=1S/C20H27N3O3S/c1-14(2)12-21-19(24)17-11-16(26-22-17)13-23(15-7-4-3-5-8-15)20(25)18-9-6-10-27-18/h6,9-11,14-15H,3-5,7-8,12-13H2,1-2H3,(H,21,24). The number of carbonyl (C=O) groups is 2. The van der Waals surface area contributed by atoms with Crippen LogP contribution in [0.1, 0.15) is 71.9 Å². The Hall–Kier alpha value is -2.15. The first-order valence-electron chi connectivity index (χ1n) is 9.63. The summed E-state index contributed by atoms with van der Waals surface area (Å²) < 4.78 is 5.38. The molecule has 146 valence electrons. The van der Waals surface area contributed by atoms with E-state index in [0.717, 1.165) is 30.6 Å². The van der Waals surface area contributed by atoms with E-state index in [-0.39, 0.29) is 23.6 Å². The number of carbonyl (C=O) groups excluding carboxylic acids is 2. The normalized spacial score (nSPS) is 15.1. The van der Waals surface area contributed by atoms with Gasteiger partial charge in [-0.15, -0.1) is 11.3 Å². The summed E-state index contributed by atoms with van der Waals surface area (Å²) >= 11 is 1.45. The number of rotatable bonds is 7. The average Bonchev–Trinajstić information content (AvgIpc) is 3.36. The summed E-state index contributed by atoms with van der Waals surface area (Å²) in [5.74, 6) is 0.692. The number of nitrogens with one attached hydrogen (secondary N) is 1. The number of aromatic nitrogens is 1. The van der Waals surface area contributed by atoms with E-state index in [2.05, 4.69) is 10.5 Å². The van der Waals surface area contributed by atoms with E-state index >= 15 is 0 Å². The highest BCUT2D eigenvalue weighted by molar-refractivity contribution is 7.12. The van der Waals surface area contributed by atoms with Gasteiger partial charge in [0.05, 0.1) is 11.4 Å². The Bertz CT molecular complexity index is 748. The molecule has 1 aliphatic rings. The van der Waals surface area contributed by atoms with Crippen LogP contribution < -0.4 is 5.32 Å². The van der Waals surface area contributed by atoms with Crippen molar-refractivity contribution in [2.24, 2.45) is 5.92 Å². The van der Waals surface area contributed by atoms with Gasteiger partial charge in [0.15, 0.2) is 11.5 Å². The summed E-state index contributed by atoms with van der Waals surface area (Å²) in [6.45, 7) is 5.00. The maximum Gasteiger partial charge on any atom is 0.273 e. The van der Waals surface area contributed by atoms with Gasteiger partial charge in [-0.05, 0) is 30.2 Å². The highest BCUT2D eigenvalue weighted by atomic mass is 32.1. The molecular weight excluding hydrogens is 362 g/mol. The molecule has 2 amide bonds. The van der Waals surface area contributed by atoms with E-state index < -0.39 is 0 Å². The van der Waals surface area contributed by atoms with Crippen LogP contribution in [0.15, 0.2) is 28.1 Å². The Morgan fingerprint density at radius 3 is 2.78 bits per heavy atom. The van der Waals surface area contributed by atoms with Gasteiger partial charge in [-0.2, -0.15) is 0 Å². The van der Waals surface area contributed by atoms with Crippen LogP contribution >= 0.6 is 11.3 Å². The Morgan fingerprint density at radius 2 is 2.11 bits per heavy atom. The minimum atomic E-state index is -0.243. The molecule has 3 rings (SSSR count). The van der Waals surface area contributed by atoms with E-state index in [1.807, 2.05) is 36.3 Å². The lowest BCUT2D eigenvalue weighted by atomic mass is 9.94. The summed E-state index contributed by atoms with van der Waals surface area (Å²) in [7, 11) is 0. The zero-order chi connectivity index (χ0) is 19.2. The van der Waals surface area contributed by atoms with Crippen LogP contribution in [0.4, 0.5) is 0 Å². The largest absolute Gasteiger partial charge is 0.359 e. The van der Waals surface area contributed by atoms with Gasteiger partial charge < -0.3 is 14.7 Å². The fourth-order valence-electron chi connectivity index (χ4n) is 3.35. The van der Waals surface area contributed by atoms with Crippen LogP contribution in [-0.2, 0) is 6.54 Å². The summed E-state index contributed by atoms with van der Waals surface area (Å²) in [6.07, 6.45) is 5.51. The molecule has 0 atom stereocenters. The number of hydrogen-bond donors (Lipinski definition) is 1. The minimum absolute atomic E-state index is 0.0270. The second kappa shape index (κ2) is 9.17. The summed E-state index contributed by atoms with van der Waals surface area (Å²) in [6, 6.07) is 5.60. The van der Waals surface area contributed by atoms with Crippen LogP contribution in [0.3, 0.4) is 0 Å². The number of amides is 2. The van der Waals surface area contributed by atoms with Crippen molar-refractivity contribution in [3.05, 3.63) is 39.9 Å². The predicted octanol–water partition coefficient (Wildman–Crippen LogP) is 4.10. The summed E-state index contributed by atoms with van der Waals surface area (Å²) in [4.78, 5) is 27.8. The predicted molar refractivity (Wildman–Crippen MR) is 105 cm³/mol. The smallest absolute Gasteiger partial charge is 0.273 e. The third-order valence-electron chi connectivity index (χ3n) is 4.80. The highest BCUT2D eigenvalue weighted by Crippen LogP contribution is 2.27. The molecule has 2 aromatic rings. The molecule has 0 radical (unpaired) electrons. The van der Waals surface area contributed by atoms with Gasteiger partial charge in [-0.3, -0.25) is 9.59 Å². The molecule has 0 unspecified atom stereocenters. The Morgan fingerprint density at radius 1 is 1.33 bits per heavy atom. The Labute approximate surface area is 163 Å². The van der Waals surface area contributed by atoms with Gasteiger partial charge in [0.1, 0.15) is 0 Å². The highest BCUT2D eigenvalue weighted by Gasteiger charge is 2.28. The molecule has 0 saturated heterocycles. The van der Waals surface area contributed by atoms with Crippen molar-refractivity contribution in [2.75, 3.05) is 6.54 Å². The van der Waals surface area contributed by atoms with Gasteiger partial charge in [0.25, 0.3) is 11.8 Å². The van der Waals surface area contributed by atoms with Crippen LogP contribution in [0.25, 0.3) is 0 Å². The van der Waals surface area contributed by atoms with E-state index in [4.69, 9.17) is 4.52 Å². The van der Waals surface area contributed by atoms with Gasteiger partial charge in [0.2, 0.25) is 0 Å². The van der Waals surface area contributed by atoms with Gasteiger partial charge in [-0.25, -0.2) is 0 Å². The Kier molecular flexibility index (Phi) is 6.66. The lowest BCUT2D eigenvalue weighted by Gasteiger charge is -2.33. The lowest BCUT2D eigenvalue weighted by Crippen LogP contribution is -2.40. The quantitative estimate of drug-likeness (QED) is 0.774. The van der Waals surface area contributed by atoms with E-state index in [1.54, 1.807) is 6.07 Å².